The lowest BCUT2D eigenvalue weighted by atomic mass is 10.1. The van der Waals surface area contributed by atoms with Crippen LogP contribution in [0.25, 0.3) is 0 Å². The highest BCUT2D eigenvalue weighted by molar-refractivity contribution is 5.76. The molecule has 1 heterocycles. The number of nitrogens with zero attached hydrogens (tertiary/aromatic N) is 1. The lowest BCUT2D eigenvalue weighted by Crippen LogP contribution is -2.34. The molecule has 2 N–H and O–H groups in total. The van der Waals surface area contributed by atoms with Gasteiger partial charge in [0.15, 0.2) is 11.5 Å². The van der Waals surface area contributed by atoms with Gasteiger partial charge in [-0.15, -0.1) is 0 Å². The first-order valence-electron chi connectivity index (χ1n) is 8.21. The van der Waals surface area contributed by atoms with E-state index in [4.69, 9.17) is 9.47 Å². The number of benzene rings is 1. The molecule has 2 rings (SSSR count). The molecule has 6 heteroatoms. The molecule has 0 spiro atoms. The topological polar surface area (TPSA) is 62.8 Å². The van der Waals surface area contributed by atoms with Crippen LogP contribution in [0.1, 0.15) is 25.8 Å². The number of amides is 2. The summed E-state index contributed by atoms with van der Waals surface area (Å²) in [5, 5.41) is 6.18. The third kappa shape index (κ3) is 4.76. The largest absolute Gasteiger partial charge is 0.493 e. The number of carbonyl (C=O) groups excluding carboxylic acids is 1. The number of hydrogen-bond donors (Lipinski definition) is 2. The summed E-state index contributed by atoms with van der Waals surface area (Å²) in [5.74, 6) is 1.55. The van der Waals surface area contributed by atoms with Crippen LogP contribution in [-0.2, 0) is 6.54 Å². The Hall–Kier alpha value is -1.95. The van der Waals surface area contributed by atoms with E-state index in [1.54, 1.807) is 7.11 Å². The van der Waals surface area contributed by atoms with Crippen molar-refractivity contribution in [2.45, 2.75) is 32.9 Å². The summed E-state index contributed by atoms with van der Waals surface area (Å²) in [6, 6.07) is 5.94. The van der Waals surface area contributed by atoms with E-state index in [2.05, 4.69) is 24.5 Å². The van der Waals surface area contributed by atoms with Crippen molar-refractivity contribution >= 4 is 6.03 Å². The maximum absolute atomic E-state index is 11.5. The fraction of sp³-hybridized carbons (Fsp3) is 0.588. The Bertz CT molecular complexity index is 522. The van der Waals surface area contributed by atoms with Crippen LogP contribution in [0.2, 0.25) is 0 Å². The molecule has 1 atom stereocenters. The second kappa shape index (κ2) is 8.62. The molecule has 1 aliphatic heterocycles. The molecule has 0 saturated carbocycles. The molecule has 1 aliphatic rings. The highest BCUT2D eigenvalue weighted by atomic mass is 16.5. The lowest BCUT2D eigenvalue weighted by molar-refractivity contribution is 0.204. The van der Waals surface area contributed by atoms with Gasteiger partial charge < -0.3 is 25.0 Å². The van der Waals surface area contributed by atoms with Gasteiger partial charge in [-0.3, -0.25) is 0 Å². The number of methoxy groups -OCH3 is 1. The predicted octanol–water partition coefficient (Wildman–Crippen LogP) is 1.99. The van der Waals surface area contributed by atoms with Crippen LogP contribution in [0.15, 0.2) is 18.2 Å². The highest BCUT2D eigenvalue weighted by Crippen LogP contribution is 2.32. The molecule has 1 aromatic carbocycles. The average molecular weight is 321 g/mol. The second-order valence-electron chi connectivity index (χ2n) is 5.68. The predicted molar refractivity (Wildman–Crippen MR) is 90.1 cm³/mol. The molecule has 0 bridgehead atoms. The maximum atomic E-state index is 11.5. The minimum Gasteiger partial charge on any atom is -0.493 e. The molecule has 1 aromatic rings. The zero-order valence-electron chi connectivity index (χ0n) is 14.2. The Kier molecular flexibility index (Phi) is 6.52. The Morgan fingerprint density at radius 1 is 1.43 bits per heavy atom. The fourth-order valence-corrected chi connectivity index (χ4v) is 2.44. The van der Waals surface area contributed by atoms with Crippen LogP contribution in [0.4, 0.5) is 4.79 Å². The number of hydrogen-bond acceptors (Lipinski definition) is 4. The van der Waals surface area contributed by atoms with Crippen molar-refractivity contribution in [1.82, 2.24) is 15.5 Å². The number of urea groups is 1. The van der Waals surface area contributed by atoms with E-state index in [0.29, 0.717) is 13.1 Å². The summed E-state index contributed by atoms with van der Waals surface area (Å²) < 4.78 is 11.4. The van der Waals surface area contributed by atoms with E-state index in [1.165, 1.54) is 0 Å². The van der Waals surface area contributed by atoms with Crippen molar-refractivity contribution in [2.75, 3.05) is 33.3 Å². The molecular weight excluding hydrogens is 294 g/mol. The summed E-state index contributed by atoms with van der Waals surface area (Å²) in [7, 11) is 1.65. The number of rotatable bonds is 9. The lowest BCUT2D eigenvalue weighted by Gasteiger charge is -2.19. The van der Waals surface area contributed by atoms with E-state index in [0.717, 1.165) is 43.1 Å². The zero-order chi connectivity index (χ0) is 16.7. The minimum absolute atomic E-state index is 0.0222. The second-order valence-corrected chi connectivity index (χ2v) is 5.68. The molecule has 0 aromatic heterocycles. The summed E-state index contributed by atoms with van der Waals surface area (Å²) >= 11 is 0. The Morgan fingerprint density at radius 2 is 2.26 bits per heavy atom. The van der Waals surface area contributed by atoms with E-state index in [-0.39, 0.29) is 12.1 Å². The van der Waals surface area contributed by atoms with Gasteiger partial charge >= 0.3 is 6.03 Å². The molecule has 128 valence electrons. The van der Waals surface area contributed by atoms with E-state index in [1.807, 2.05) is 23.1 Å². The summed E-state index contributed by atoms with van der Waals surface area (Å²) in [6.45, 7) is 7.79. The first-order valence-corrected chi connectivity index (χ1v) is 8.21. The Morgan fingerprint density at radius 3 is 2.91 bits per heavy atom. The summed E-state index contributed by atoms with van der Waals surface area (Å²) in [6.07, 6.45) is 1.08. The van der Waals surface area contributed by atoms with Gasteiger partial charge in [0.05, 0.1) is 13.2 Å². The maximum Gasteiger partial charge on any atom is 0.317 e. The van der Waals surface area contributed by atoms with Crippen LogP contribution in [-0.4, -0.2) is 50.3 Å². The Balaban J connectivity index is 1.91. The molecular formula is C17H27N3O3. The molecule has 1 saturated heterocycles. The van der Waals surface area contributed by atoms with Gasteiger partial charge in [0, 0.05) is 38.3 Å². The molecule has 2 amide bonds. The SMILES string of the molecule is CC[C@@H](C)Oc1c(CNCCN2CCNC2=O)cccc1OC. The van der Waals surface area contributed by atoms with Crippen molar-refractivity contribution in [1.29, 1.82) is 0 Å². The third-order valence-corrected chi connectivity index (χ3v) is 3.99. The fourth-order valence-electron chi connectivity index (χ4n) is 2.44. The van der Waals surface area contributed by atoms with Crippen LogP contribution >= 0.6 is 0 Å². The van der Waals surface area contributed by atoms with Gasteiger partial charge in [-0.2, -0.15) is 0 Å². The minimum atomic E-state index is 0.0222. The number of carbonyl (C=O) groups is 1. The van der Waals surface area contributed by atoms with Gasteiger partial charge in [-0.1, -0.05) is 19.1 Å². The molecule has 0 aliphatic carbocycles. The van der Waals surface area contributed by atoms with Crippen LogP contribution in [0, 0.1) is 0 Å². The van der Waals surface area contributed by atoms with Crippen LogP contribution in [0.5, 0.6) is 11.5 Å². The standard InChI is InChI=1S/C17H27N3O3/c1-4-13(2)23-16-14(6-5-7-15(16)22-3)12-18-8-10-20-11-9-19-17(20)21/h5-7,13,18H,4,8-12H2,1-3H3,(H,19,21)/t13-/m1/s1. The van der Waals surface area contributed by atoms with Gasteiger partial charge in [-0.05, 0) is 19.4 Å². The van der Waals surface area contributed by atoms with Gasteiger partial charge in [0.2, 0.25) is 0 Å². The monoisotopic (exact) mass is 321 g/mol. The van der Waals surface area contributed by atoms with Crippen molar-refractivity contribution in [3.8, 4) is 11.5 Å². The van der Waals surface area contributed by atoms with E-state index in [9.17, 15) is 4.79 Å². The van der Waals surface area contributed by atoms with Crippen molar-refractivity contribution in [3.05, 3.63) is 23.8 Å². The molecule has 6 nitrogen and oxygen atoms in total. The normalized spacial score (nSPS) is 15.4. The number of ether oxygens (including phenoxy) is 2. The van der Waals surface area contributed by atoms with Crippen molar-refractivity contribution < 1.29 is 14.3 Å². The smallest absolute Gasteiger partial charge is 0.317 e. The molecule has 0 unspecified atom stereocenters. The van der Waals surface area contributed by atoms with Gasteiger partial charge in [0.25, 0.3) is 0 Å². The first-order chi connectivity index (χ1) is 11.2. The van der Waals surface area contributed by atoms with Gasteiger partial charge in [-0.25, -0.2) is 4.79 Å². The number of nitrogens with one attached hydrogen (secondary N) is 2. The average Bonchev–Trinajstić information content (AvgIpc) is 2.97. The van der Waals surface area contributed by atoms with Gasteiger partial charge in [0.1, 0.15) is 0 Å². The van der Waals surface area contributed by atoms with Crippen molar-refractivity contribution in [3.63, 3.8) is 0 Å². The number of para-hydroxylation sites is 1. The molecule has 0 radical (unpaired) electrons. The van der Waals surface area contributed by atoms with Crippen LogP contribution in [0.3, 0.4) is 0 Å². The quantitative estimate of drug-likeness (QED) is 0.683. The zero-order valence-corrected chi connectivity index (χ0v) is 14.2. The molecule has 1 fully saturated rings. The highest BCUT2D eigenvalue weighted by Gasteiger charge is 2.18. The first kappa shape index (κ1) is 17.4. The van der Waals surface area contributed by atoms with Crippen LogP contribution < -0.4 is 20.1 Å². The third-order valence-electron chi connectivity index (χ3n) is 3.99. The van der Waals surface area contributed by atoms with E-state index >= 15 is 0 Å². The van der Waals surface area contributed by atoms with E-state index < -0.39 is 0 Å². The Labute approximate surface area is 138 Å². The van der Waals surface area contributed by atoms with Crippen molar-refractivity contribution in [2.24, 2.45) is 0 Å². The summed E-state index contributed by atoms with van der Waals surface area (Å²) in [4.78, 5) is 13.3. The summed E-state index contributed by atoms with van der Waals surface area (Å²) in [5.41, 5.74) is 1.07. The molecule has 23 heavy (non-hydrogen) atoms.